The molecule has 0 unspecified atom stereocenters. The van der Waals surface area contributed by atoms with Crippen molar-refractivity contribution in [3.63, 3.8) is 0 Å². The molecule has 0 amide bonds. The lowest BCUT2D eigenvalue weighted by Crippen LogP contribution is -2.15. The summed E-state index contributed by atoms with van der Waals surface area (Å²) in [6.45, 7) is 1.80. The molecule has 0 saturated heterocycles. The van der Waals surface area contributed by atoms with Crippen LogP contribution in [0.1, 0.15) is 23.6 Å². The maximum absolute atomic E-state index is 11.8. The summed E-state index contributed by atoms with van der Waals surface area (Å²) in [6.07, 6.45) is 3.86. The van der Waals surface area contributed by atoms with Crippen LogP contribution < -0.4 is 9.47 Å². The maximum Gasteiger partial charge on any atom is 0.344 e. The molecule has 0 saturated carbocycles. The second-order valence-electron chi connectivity index (χ2n) is 5.17. The average molecular weight is 337 g/mol. The van der Waals surface area contributed by atoms with Crippen LogP contribution in [0.15, 0.2) is 48.5 Å². The highest BCUT2D eigenvalue weighted by atomic mass is 16.6. The Hall–Kier alpha value is -3.26. The zero-order valence-electron chi connectivity index (χ0n) is 14.2. The van der Waals surface area contributed by atoms with E-state index < -0.39 is 5.97 Å². The molecule has 0 aliphatic rings. The second kappa shape index (κ2) is 9.14. The number of allylic oxidation sites excluding steroid dienone is 1. The first kappa shape index (κ1) is 18.1. The normalized spacial score (nSPS) is 10.3. The first-order valence-corrected chi connectivity index (χ1v) is 7.74. The van der Waals surface area contributed by atoms with E-state index in [0.717, 1.165) is 11.1 Å². The predicted octanol–water partition coefficient (Wildman–Crippen LogP) is 3.72. The number of ether oxygens (including phenoxy) is 3. The van der Waals surface area contributed by atoms with Crippen molar-refractivity contribution in [2.75, 3.05) is 13.7 Å². The number of hydrogen-bond acceptors (Lipinski definition) is 5. The van der Waals surface area contributed by atoms with Crippen molar-refractivity contribution in [1.82, 2.24) is 0 Å². The van der Waals surface area contributed by atoms with E-state index in [4.69, 9.17) is 19.5 Å². The monoisotopic (exact) mass is 337 g/mol. The van der Waals surface area contributed by atoms with Gasteiger partial charge in [0.1, 0.15) is 6.61 Å². The molecule has 2 aromatic rings. The molecule has 2 aromatic carbocycles. The van der Waals surface area contributed by atoms with Crippen molar-refractivity contribution in [1.29, 1.82) is 5.26 Å². The molecule has 0 aliphatic heterocycles. The Morgan fingerprint density at radius 2 is 2.04 bits per heavy atom. The molecular formula is C20H19NO4. The number of carbonyl (C=O) groups is 1. The van der Waals surface area contributed by atoms with Crippen molar-refractivity contribution in [2.45, 2.75) is 13.5 Å². The Kier molecular flexibility index (Phi) is 6.61. The third-order valence-electron chi connectivity index (χ3n) is 3.35. The zero-order valence-corrected chi connectivity index (χ0v) is 14.2. The van der Waals surface area contributed by atoms with Crippen molar-refractivity contribution in [2.24, 2.45) is 0 Å². The molecular weight excluding hydrogens is 318 g/mol. The number of nitriles is 1. The van der Waals surface area contributed by atoms with Gasteiger partial charge in [-0.05, 0) is 42.3 Å². The lowest BCUT2D eigenvalue weighted by molar-refractivity contribution is -0.147. The molecule has 0 atom stereocenters. The first-order valence-electron chi connectivity index (χ1n) is 7.74. The minimum atomic E-state index is -0.498. The summed E-state index contributed by atoms with van der Waals surface area (Å²) >= 11 is 0. The highest BCUT2D eigenvalue weighted by Crippen LogP contribution is 2.28. The first-order chi connectivity index (χ1) is 12.2. The summed E-state index contributed by atoms with van der Waals surface area (Å²) in [5.74, 6) is 0.520. The number of rotatable bonds is 7. The largest absolute Gasteiger partial charge is 0.493 e. The molecule has 128 valence electrons. The fourth-order valence-corrected chi connectivity index (χ4v) is 2.17. The van der Waals surface area contributed by atoms with Gasteiger partial charge >= 0.3 is 5.97 Å². The quantitative estimate of drug-likeness (QED) is 0.720. The van der Waals surface area contributed by atoms with Crippen molar-refractivity contribution in [3.8, 4) is 17.6 Å². The van der Waals surface area contributed by atoms with Gasteiger partial charge in [0.25, 0.3) is 0 Å². The molecule has 2 rings (SSSR count). The SMILES string of the molecule is C/C=C\c1ccc(OCC(=O)OCc2cccc(C#N)c2)c(OC)c1. The van der Waals surface area contributed by atoms with Gasteiger partial charge in [-0.25, -0.2) is 4.79 Å². The molecule has 0 aromatic heterocycles. The molecule has 0 N–H and O–H groups in total. The van der Waals surface area contributed by atoms with Crippen LogP contribution in [-0.2, 0) is 16.1 Å². The van der Waals surface area contributed by atoms with Crippen LogP contribution in [0, 0.1) is 11.3 Å². The summed E-state index contributed by atoms with van der Waals surface area (Å²) in [6, 6.07) is 14.4. The number of carbonyl (C=O) groups excluding carboxylic acids is 1. The van der Waals surface area contributed by atoms with E-state index in [9.17, 15) is 4.79 Å². The smallest absolute Gasteiger partial charge is 0.344 e. The Morgan fingerprint density at radius 3 is 2.76 bits per heavy atom. The van der Waals surface area contributed by atoms with Gasteiger partial charge in [-0.1, -0.05) is 30.4 Å². The van der Waals surface area contributed by atoms with Gasteiger partial charge in [-0.2, -0.15) is 5.26 Å². The Morgan fingerprint density at radius 1 is 1.20 bits per heavy atom. The van der Waals surface area contributed by atoms with Gasteiger partial charge in [-0.15, -0.1) is 0 Å². The number of esters is 1. The Labute approximate surface area is 147 Å². The summed E-state index contributed by atoms with van der Waals surface area (Å²) < 4.78 is 15.9. The minimum absolute atomic E-state index is 0.0923. The van der Waals surface area contributed by atoms with E-state index in [0.29, 0.717) is 17.1 Å². The van der Waals surface area contributed by atoms with Gasteiger partial charge in [0.15, 0.2) is 18.1 Å². The fraction of sp³-hybridized carbons (Fsp3) is 0.200. The van der Waals surface area contributed by atoms with Gasteiger partial charge in [0.2, 0.25) is 0 Å². The molecule has 0 spiro atoms. The Balaban J connectivity index is 1.90. The summed E-state index contributed by atoms with van der Waals surface area (Å²) in [5.41, 5.74) is 2.25. The molecule has 0 heterocycles. The lowest BCUT2D eigenvalue weighted by Gasteiger charge is -2.11. The molecule has 5 nitrogen and oxygen atoms in total. The highest BCUT2D eigenvalue weighted by Gasteiger charge is 2.09. The molecule has 5 heteroatoms. The van der Waals surface area contributed by atoms with Crippen LogP contribution in [0.2, 0.25) is 0 Å². The van der Waals surface area contributed by atoms with Crippen molar-refractivity contribution < 1.29 is 19.0 Å². The third-order valence-corrected chi connectivity index (χ3v) is 3.35. The zero-order chi connectivity index (χ0) is 18.1. The second-order valence-corrected chi connectivity index (χ2v) is 5.17. The standard InChI is InChI=1S/C20H19NO4/c1-3-5-15-8-9-18(19(11-15)23-2)24-14-20(22)25-13-17-7-4-6-16(10-17)12-21/h3-11H,13-14H2,1-2H3/b5-3-. The van der Waals surface area contributed by atoms with E-state index in [1.54, 1.807) is 37.4 Å². The van der Waals surface area contributed by atoms with E-state index in [1.807, 2.05) is 37.3 Å². The molecule has 0 bridgehead atoms. The third kappa shape index (κ3) is 5.40. The van der Waals surface area contributed by atoms with E-state index in [2.05, 4.69) is 0 Å². The highest BCUT2D eigenvalue weighted by molar-refractivity contribution is 5.71. The predicted molar refractivity (Wildman–Crippen MR) is 94.2 cm³/mol. The van der Waals surface area contributed by atoms with Gasteiger partial charge in [-0.3, -0.25) is 0 Å². The van der Waals surface area contributed by atoms with E-state index >= 15 is 0 Å². The summed E-state index contributed by atoms with van der Waals surface area (Å²) in [5, 5.41) is 8.86. The van der Waals surface area contributed by atoms with E-state index in [-0.39, 0.29) is 13.2 Å². The number of nitrogens with zero attached hydrogens (tertiary/aromatic N) is 1. The Bertz CT molecular complexity index is 806. The van der Waals surface area contributed by atoms with Crippen molar-refractivity contribution in [3.05, 3.63) is 65.2 Å². The number of methoxy groups -OCH3 is 1. The fourth-order valence-electron chi connectivity index (χ4n) is 2.17. The molecule has 25 heavy (non-hydrogen) atoms. The topological polar surface area (TPSA) is 68.5 Å². The van der Waals surface area contributed by atoms with Crippen molar-refractivity contribution >= 4 is 12.0 Å². The van der Waals surface area contributed by atoms with Crippen LogP contribution >= 0.6 is 0 Å². The van der Waals surface area contributed by atoms with Crippen LogP contribution in [0.5, 0.6) is 11.5 Å². The number of benzene rings is 2. The molecule has 0 radical (unpaired) electrons. The minimum Gasteiger partial charge on any atom is -0.493 e. The van der Waals surface area contributed by atoms with Crippen LogP contribution in [-0.4, -0.2) is 19.7 Å². The molecule has 0 fully saturated rings. The van der Waals surface area contributed by atoms with E-state index in [1.165, 1.54) is 0 Å². The number of hydrogen-bond donors (Lipinski definition) is 0. The summed E-state index contributed by atoms with van der Waals surface area (Å²) in [7, 11) is 1.54. The lowest BCUT2D eigenvalue weighted by atomic mass is 10.1. The maximum atomic E-state index is 11.8. The van der Waals surface area contributed by atoms with Crippen LogP contribution in [0.3, 0.4) is 0 Å². The summed E-state index contributed by atoms with van der Waals surface area (Å²) in [4.78, 5) is 11.8. The average Bonchev–Trinajstić information content (AvgIpc) is 2.65. The van der Waals surface area contributed by atoms with Crippen LogP contribution in [0.25, 0.3) is 6.08 Å². The van der Waals surface area contributed by atoms with Crippen LogP contribution in [0.4, 0.5) is 0 Å². The van der Waals surface area contributed by atoms with Gasteiger partial charge < -0.3 is 14.2 Å². The van der Waals surface area contributed by atoms with Gasteiger partial charge in [0, 0.05) is 0 Å². The molecule has 0 aliphatic carbocycles. The van der Waals surface area contributed by atoms with Gasteiger partial charge in [0.05, 0.1) is 18.7 Å².